The van der Waals surface area contributed by atoms with Gasteiger partial charge in [-0.2, -0.15) is 0 Å². The Hall–Kier alpha value is -1.19. The molecule has 0 radical (unpaired) electrons. The van der Waals surface area contributed by atoms with Crippen molar-refractivity contribution < 1.29 is 0 Å². The van der Waals surface area contributed by atoms with E-state index in [1.54, 1.807) is 6.20 Å². The Bertz CT molecular complexity index is 425. The highest BCUT2D eigenvalue weighted by Gasteiger charge is 2.08. The van der Waals surface area contributed by atoms with Crippen molar-refractivity contribution in [2.75, 3.05) is 0 Å². The highest BCUT2D eigenvalue weighted by Crippen LogP contribution is 2.18. The Balaban J connectivity index is 2.29. The molecule has 15 heavy (non-hydrogen) atoms. The summed E-state index contributed by atoms with van der Waals surface area (Å²) < 4.78 is 0.964. The first-order chi connectivity index (χ1) is 7.27. The second-order valence-corrected chi connectivity index (χ2v) is 4.21. The number of nitrogens with two attached hydrogens (primary N) is 1. The Morgan fingerprint density at radius 3 is 2.40 bits per heavy atom. The van der Waals surface area contributed by atoms with Crippen LogP contribution in [0.3, 0.4) is 0 Å². The fraction of sp³-hybridized carbons (Fsp3) is 0.0833. The maximum absolute atomic E-state index is 6.09. The van der Waals surface area contributed by atoms with Crippen LogP contribution in [0.4, 0.5) is 0 Å². The molecule has 2 nitrogen and oxygen atoms in total. The SMILES string of the molecule is N[C@@H](c1ccccc1)c1ccc(Br)cn1. The average Bonchev–Trinajstić information content (AvgIpc) is 2.30. The second-order valence-electron chi connectivity index (χ2n) is 3.29. The molecule has 3 heteroatoms. The molecule has 1 aromatic heterocycles. The molecular formula is C12H11BrN2. The lowest BCUT2D eigenvalue weighted by atomic mass is 10.0. The van der Waals surface area contributed by atoms with E-state index in [1.807, 2.05) is 42.5 Å². The van der Waals surface area contributed by atoms with Gasteiger partial charge in [-0.05, 0) is 33.6 Å². The smallest absolute Gasteiger partial charge is 0.0726 e. The predicted molar refractivity (Wildman–Crippen MR) is 64.4 cm³/mol. The van der Waals surface area contributed by atoms with Gasteiger partial charge in [-0.3, -0.25) is 4.98 Å². The van der Waals surface area contributed by atoms with Gasteiger partial charge in [-0.1, -0.05) is 30.3 Å². The number of nitrogens with zero attached hydrogens (tertiary/aromatic N) is 1. The van der Waals surface area contributed by atoms with Gasteiger partial charge in [0, 0.05) is 10.7 Å². The molecule has 0 aliphatic carbocycles. The van der Waals surface area contributed by atoms with Gasteiger partial charge in [0.15, 0.2) is 0 Å². The average molecular weight is 263 g/mol. The van der Waals surface area contributed by atoms with Crippen LogP contribution in [-0.4, -0.2) is 4.98 Å². The zero-order valence-corrected chi connectivity index (χ0v) is 9.68. The van der Waals surface area contributed by atoms with Crippen LogP contribution in [0.5, 0.6) is 0 Å². The Morgan fingerprint density at radius 2 is 1.80 bits per heavy atom. The zero-order chi connectivity index (χ0) is 10.7. The van der Waals surface area contributed by atoms with Gasteiger partial charge >= 0.3 is 0 Å². The van der Waals surface area contributed by atoms with Gasteiger partial charge < -0.3 is 5.73 Å². The normalized spacial score (nSPS) is 12.4. The van der Waals surface area contributed by atoms with E-state index in [9.17, 15) is 0 Å². The van der Waals surface area contributed by atoms with Crippen molar-refractivity contribution in [2.45, 2.75) is 6.04 Å². The summed E-state index contributed by atoms with van der Waals surface area (Å²) in [6.07, 6.45) is 1.76. The molecule has 0 fully saturated rings. The van der Waals surface area contributed by atoms with E-state index < -0.39 is 0 Å². The summed E-state index contributed by atoms with van der Waals surface area (Å²) in [6.45, 7) is 0. The number of benzene rings is 1. The fourth-order valence-electron chi connectivity index (χ4n) is 1.40. The minimum absolute atomic E-state index is 0.153. The van der Waals surface area contributed by atoms with Crippen LogP contribution < -0.4 is 5.73 Å². The molecule has 0 aliphatic rings. The maximum Gasteiger partial charge on any atom is 0.0726 e. The van der Waals surface area contributed by atoms with E-state index in [4.69, 9.17) is 5.73 Å². The second kappa shape index (κ2) is 4.55. The number of rotatable bonds is 2. The van der Waals surface area contributed by atoms with Crippen LogP contribution in [0.2, 0.25) is 0 Å². The Morgan fingerprint density at radius 1 is 1.07 bits per heavy atom. The van der Waals surface area contributed by atoms with Gasteiger partial charge in [0.1, 0.15) is 0 Å². The molecule has 0 saturated heterocycles. The molecule has 1 aromatic carbocycles. The Labute approximate surface area is 97.3 Å². The third kappa shape index (κ3) is 2.43. The molecule has 0 unspecified atom stereocenters. The lowest BCUT2D eigenvalue weighted by molar-refractivity contribution is 0.828. The first-order valence-corrected chi connectivity index (χ1v) is 5.48. The summed E-state index contributed by atoms with van der Waals surface area (Å²) in [5, 5.41) is 0. The highest BCUT2D eigenvalue weighted by atomic mass is 79.9. The molecule has 0 bridgehead atoms. The zero-order valence-electron chi connectivity index (χ0n) is 8.10. The van der Waals surface area contributed by atoms with Crippen LogP contribution >= 0.6 is 15.9 Å². The number of hydrogen-bond acceptors (Lipinski definition) is 2. The lowest BCUT2D eigenvalue weighted by Gasteiger charge is -2.10. The van der Waals surface area contributed by atoms with Gasteiger partial charge in [-0.15, -0.1) is 0 Å². The first-order valence-electron chi connectivity index (χ1n) is 4.69. The molecule has 2 aromatic rings. The summed E-state index contributed by atoms with van der Waals surface area (Å²) in [5.41, 5.74) is 8.04. The molecular weight excluding hydrogens is 252 g/mol. The molecule has 1 atom stereocenters. The van der Waals surface area contributed by atoms with E-state index in [2.05, 4.69) is 20.9 Å². The number of aromatic nitrogens is 1. The maximum atomic E-state index is 6.09. The molecule has 1 heterocycles. The van der Waals surface area contributed by atoms with Crippen LogP contribution in [0.25, 0.3) is 0 Å². The van der Waals surface area contributed by atoms with Crippen LogP contribution in [0.1, 0.15) is 17.3 Å². The molecule has 76 valence electrons. The molecule has 0 aliphatic heterocycles. The van der Waals surface area contributed by atoms with Gasteiger partial charge in [0.2, 0.25) is 0 Å². The van der Waals surface area contributed by atoms with Gasteiger partial charge in [0.25, 0.3) is 0 Å². The monoisotopic (exact) mass is 262 g/mol. The summed E-state index contributed by atoms with van der Waals surface area (Å²) in [4.78, 5) is 4.28. The number of hydrogen-bond donors (Lipinski definition) is 1. The molecule has 2 N–H and O–H groups in total. The van der Waals surface area contributed by atoms with E-state index >= 15 is 0 Å². The van der Waals surface area contributed by atoms with Gasteiger partial charge in [-0.25, -0.2) is 0 Å². The number of halogens is 1. The van der Waals surface area contributed by atoms with Crippen molar-refractivity contribution in [3.63, 3.8) is 0 Å². The molecule has 0 spiro atoms. The quantitative estimate of drug-likeness (QED) is 0.904. The molecule has 2 rings (SSSR count). The summed E-state index contributed by atoms with van der Waals surface area (Å²) in [5.74, 6) is 0. The highest BCUT2D eigenvalue weighted by molar-refractivity contribution is 9.10. The van der Waals surface area contributed by atoms with Crippen LogP contribution in [-0.2, 0) is 0 Å². The summed E-state index contributed by atoms with van der Waals surface area (Å²) in [7, 11) is 0. The third-order valence-electron chi connectivity index (χ3n) is 2.23. The van der Waals surface area contributed by atoms with E-state index in [1.165, 1.54) is 0 Å². The summed E-state index contributed by atoms with van der Waals surface area (Å²) >= 11 is 3.35. The Kier molecular flexibility index (Phi) is 3.14. The lowest BCUT2D eigenvalue weighted by Crippen LogP contribution is -2.13. The van der Waals surface area contributed by atoms with Gasteiger partial charge in [0.05, 0.1) is 11.7 Å². The minimum atomic E-state index is -0.153. The van der Waals surface area contributed by atoms with Crippen LogP contribution in [0, 0.1) is 0 Å². The topological polar surface area (TPSA) is 38.9 Å². The van der Waals surface area contributed by atoms with E-state index in [0.717, 1.165) is 15.7 Å². The van der Waals surface area contributed by atoms with Crippen molar-refractivity contribution in [1.82, 2.24) is 4.98 Å². The van der Waals surface area contributed by atoms with E-state index in [-0.39, 0.29) is 6.04 Å². The standard InChI is InChI=1S/C12H11BrN2/c13-10-6-7-11(15-8-10)12(14)9-4-2-1-3-5-9/h1-8,12H,14H2/t12-/m0/s1. The predicted octanol–water partition coefficient (Wildman–Crippen LogP) is 2.89. The van der Waals surface area contributed by atoms with Crippen LogP contribution in [0.15, 0.2) is 53.1 Å². The van der Waals surface area contributed by atoms with Crippen molar-refractivity contribution in [1.29, 1.82) is 0 Å². The fourth-order valence-corrected chi connectivity index (χ4v) is 1.64. The largest absolute Gasteiger partial charge is 0.319 e. The molecule has 0 saturated carbocycles. The first kappa shape index (κ1) is 10.3. The van der Waals surface area contributed by atoms with E-state index in [0.29, 0.717) is 0 Å². The third-order valence-corrected chi connectivity index (χ3v) is 2.70. The van der Waals surface area contributed by atoms with Crippen molar-refractivity contribution in [2.24, 2.45) is 5.73 Å². The number of pyridine rings is 1. The minimum Gasteiger partial charge on any atom is -0.319 e. The summed E-state index contributed by atoms with van der Waals surface area (Å²) in [6, 6.07) is 13.7. The van der Waals surface area contributed by atoms with Crippen molar-refractivity contribution in [3.8, 4) is 0 Å². The van der Waals surface area contributed by atoms with Crippen molar-refractivity contribution >= 4 is 15.9 Å². The van der Waals surface area contributed by atoms with Crippen molar-refractivity contribution in [3.05, 3.63) is 64.4 Å². The molecule has 0 amide bonds.